The topological polar surface area (TPSA) is 112 Å². The summed E-state index contributed by atoms with van der Waals surface area (Å²) < 4.78 is 3.58. The Morgan fingerprint density at radius 1 is 0.964 bits per heavy atom. The maximum absolute atomic E-state index is 5.77. The number of benzene rings is 1. The lowest BCUT2D eigenvalue weighted by atomic mass is 10.2. The van der Waals surface area contributed by atoms with Crippen molar-refractivity contribution >= 4 is 60.9 Å². The fraction of sp³-hybridized carbons (Fsp3) is 0. The van der Waals surface area contributed by atoms with Gasteiger partial charge in [0.15, 0.2) is 5.65 Å². The number of rotatable bonds is 3. The van der Waals surface area contributed by atoms with E-state index in [0.29, 0.717) is 15.3 Å². The molecule has 0 aliphatic carbocycles. The van der Waals surface area contributed by atoms with Crippen LogP contribution in [0, 0.1) is 0 Å². The molecule has 0 saturated carbocycles. The number of hydrogen-bond acceptors (Lipinski definition) is 10. The number of anilines is 1. The number of nitrogen functional groups attached to an aromatic ring is 1. The summed E-state index contributed by atoms with van der Waals surface area (Å²) in [5.74, 6) is 0. The van der Waals surface area contributed by atoms with Crippen molar-refractivity contribution in [3.8, 4) is 10.6 Å². The lowest BCUT2D eigenvalue weighted by molar-refractivity contribution is 0.814. The third-order valence-electron chi connectivity index (χ3n) is 4.14. The van der Waals surface area contributed by atoms with Gasteiger partial charge in [-0.3, -0.25) is 4.40 Å². The molecule has 0 radical (unpaired) electrons. The summed E-state index contributed by atoms with van der Waals surface area (Å²) in [6, 6.07) is 9.59. The van der Waals surface area contributed by atoms with Gasteiger partial charge in [0, 0.05) is 11.3 Å². The van der Waals surface area contributed by atoms with Crippen LogP contribution in [-0.4, -0.2) is 39.4 Å². The molecule has 0 aliphatic rings. The van der Waals surface area contributed by atoms with Gasteiger partial charge in [-0.1, -0.05) is 11.3 Å². The Hall–Kier alpha value is -3.09. The van der Waals surface area contributed by atoms with Gasteiger partial charge in [-0.25, -0.2) is 4.98 Å². The molecule has 0 bridgehead atoms. The van der Waals surface area contributed by atoms with E-state index in [-0.39, 0.29) is 0 Å². The van der Waals surface area contributed by atoms with Gasteiger partial charge in [-0.2, -0.15) is 9.61 Å². The predicted molar refractivity (Wildman–Crippen MR) is 109 cm³/mol. The van der Waals surface area contributed by atoms with Gasteiger partial charge in [-0.05, 0) is 47.5 Å². The summed E-state index contributed by atoms with van der Waals surface area (Å²) in [7, 11) is 0. The van der Waals surface area contributed by atoms with Crippen molar-refractivity contribution in [1.29, 1.82) is 0 Å². The molecular weight excluding hydrogens is 414 g/mol. The molecule has 6 rings (SSSR count). The number of nitrogens with two attached hydrogens (primary N) is 1. The van der Waals surface area contributed by atoms with Crippen LogP contribution in [0.3, 0.4) is 0 Å². The van der Waals surface area contributed by atoms with Crippen LogP contribution in [0.15, 0.2) is 52.4 Å². The van der Waals surface area contributed by atoms with Crippen LogP contribution in [-0.2, 0) is 0 Å². The Bertz CT molecular complexity index is 1460. The summed E-state index contributed by atoms with van der Waals surface area (Å²) in [5, 5.41) is 26.8. The third kappa shape index (κ3) is 2.38. The number of aromatic nitrogens is 8. The summed E-state index contributed by atoms with van der Waals surface area (Å²) in [4.78, 5) is 6.11. The average Bonchev–Trinajstić information content (AvgIpc) is 3.46. The smallest absolute Gasteiger partial charge is 0.235 e. The molecule has 2 N–H and O–H groups in total. The zero-order valence-corrected chi connectivity index (χ0v) is 16.4. The van der Waals surface area contributed by atoms with Crippen molar-refractivity contribution in [1.82, 2.24) is 39.4 Å². The molecule has 0 atom stereocenters. The zero-order valence-electron chi connectivity index (χ0n) is 13.9. The molecule has 0 spiro atoms. The molecule has 136 valence electrons. The minimum atomic E-state index is 0.618. The van der Waals surface area contributed by atoms with Crippen molar-refractivity contribution in [2.75, 3.05) is 5.73 Å². The summed E-state index contributed by atoms with van der Waals surface area (Å²) in [6.07, 6.45) is 1.73. The predicted octanol–water partition coefficient (Wildman–Crippen LogP) is 3.24. The van der Waals surface area contributed by atoms with E-state index in [1.54, 1.807) is 22.2 Å². The van der Waals surface area contributed by atoms with Gasteiger partial charge in [0.2, 0.25) is 15.3 Å². The van der Waals surface area contributed by atoms with Gasteiger partial charge in [0.25, 0.3) is 0 Å². The van der Waals surface area contributed by atoms with Crippen molar-refractivity contribution < 1.29 is 0 Å². The molecule has 12 heteroatoms. The van der Waals surface area contributed by atoms with E-state index < -0.39 is 0 Å². The fourth-order valence-electron chi connectivity index (χ4n) is 2.80. The Balaban J connectivity index is 1.41. The highest BCUT2D eigenvalue weighted by Crippen LogP contribution is 2.31. The molecule has 0 amide bonds. The fourth-order valence-corrected chi connectivity index (χ4v) is 5.20. The molecular formula is C16H9N9S3. The SMILES string of the molecule is Nc1ccc(-c2nn3c(Sc4nnc5c6ccsc6ncn45)nnc3s2)cc1. The first-order chi connectivity index (χ1) is 13.8. The van der Waals surface area contributed by atoms with E-state index >= 15 is 0 Å². The molecule has 1 aromatic carbocycles. The Kier molecular flexibility index (Phi) is 3.38. The van der Waals surface area contributed by atoms with Crippen molar-refractivity contribution in [3.63, 3.8) is 0 Å². The van der Waals surface area contributed by atoms with Crippen LogP contribution < -0.4 is 5.73 Å². The van der Waals surface area contributed by atoms with Crippen molar-refractivity contribution in [3.05, 3.63) is 42.0 Å². The number of nitrogens with zero attached hydrogens (tertiary/aromatic N) is 8. The highest BCUT2D eigenvalue weighted by molar-refractivity contribution is 7.99. The molecule has 5 aromatic heterocycles. The van der Waals surface area contributed by atoms with E-state index in [1.807, 2.05) is 40.1 Å². The first kappa shape index (κ1) is 15.9. The zero-order chi connectivity index (χ0) is 18.7. The largest absolute Gasteiger partial charge is 0.399 e. The Labute approximate surface area is 168 Å². The first-order valence-corrected chi connectivity index (χ1v) is 10.6. The molecule has 0 saturated heterocycles. The molecule has 0 aliphatic heterocycles. The summed E-state index contributed by atoms with van der Waals surface area (Å²) in [6.45, 7) is 0. The minimum Gasteiger partial charge on any atom is -0.399 e. The highest BCUT2D eigenvalue weighted by Gasteiger charge is 2.18. The van der Waals surface area contributed by atoms with E-state index in [0.717, 1.165) is 32.1 Å². The first-order valence-electron chi connectivity index (χ1n) is 8.09. The van der Waals surface area contributed by atoms with Gasteiger partial charge < -0.3 is 5.73 Å². The van der Waals surface area contributed by atoms with Gasteiger partial charge >= 0.3 is 0 Å². The Morgan fingerprint density at radius 2 is 1.82 bits per heavy atom. The third-order valence-corrected chi connectivity index (χ3v) is 6.81. The molecule has 5 heterocycles. The second-order valence-electron chi connectivity index (χ2n) is 5.87. The number of hydrogen-bond donors (Lipinski definition) is 1. The van der Waals surface area contributed by atoms with E-state index in [9.17, 15) is 0 Å². The van der Waals surface area contributed by atoms with Crippen LogP contribution in [0.1, 0.15) is 0 Å². The number of fused-ring (bicyclic) bond motifs is 4. The second kappa shape index (κ2) is 5.95. The second-order valence-corrected chi connectivity index (χ2v) is 8.65. The standard InChI is InChI=1S/C16H9N9S3/c17-9-3-1-8(2-4-9)12-23-25-15(27-12)21-22-16(25)28-14-20-19-11-10-5-6-26-13(10)18-7-24(11)14/h1-7H,17H2. The van der Waals surface area contributed by atoms with Crippen LogP contribution in [0.25, 0.3) is 31.4 Å². The molecule has 9 nitrogen and oxygen atoms in total. The molecule has 6 aromatic rings. The molecule has 0 fully saturated rings. The van der Waals surface area contributed by atoms with Crippen molar-refractivity contribution in [2.45, 2.75) is 10.3 Å². The van der Waals surface area contributed by atoms with E-state index in [4.69, 9.17) is 5.73 Å². The highest BCUT2D eigenvalue weighted by atomic mass is 32.2. The number of thiophene rings is 1. The van der Waals surface area contributed by atoms with E-state index in [1.165, 1.54) is 23.1 Å². The van der Waals surface area contributed by atoms with Crippen LogP contribution in [0.5, 0.6) is 0 Å². The van der Waals surface area contributed by atoms with Crippen LogP contribution in [0.2, 0.25) is 0 Å². The Morgan fingerprint density at radius 3 is 2.71 bits per heavy atom. The normalized spacial score (nSPS) is 11.9. The van der Waals surface area contributed by atoms with Crippen LogP contribution in [0.4, 0.5) is 5.69 Å². The summed E-state index contributed by atoms with van der Waals surface area (Å²) >= 11 is 4.39. The van der Waals surface area contributed by atoms with Crippen LogP contribution >= 0.6 is 34.4 Å². The molecule has 0 unspecified atom stereocenters. The maximum Gasteiger partial charge on any atom is 0.235 e. The lowest BCUT2D eigenvalue weighted by Gasteiger charge is -1.98. The monoisotopic (exact) mass is 423 g/mol. The van der Waals surface area contributed by atoms with E-state index in [2.05, 4.69) is 30.5 Å². The van der Waals surface area contributed by atoms with Gasteiger partial charge in [0.1, 0.15) is 16.2 Å². The maximum atomic E-state index is 5.77. The van der Waals surface area contributed by atoms with Gasteiger partial charge in [0.05, 0.1) is 5.39 Å². The molecule has 28 heavy (non-hydrogen) atoms. The minimum absolute atomic E-state index is 0.618. The van der Waals surface area contributed by atoms with Crippen molar-refractivity contribution in [2.24, 2.45) is 0 Å². The lowest BCUT2D eigenvalue weighted by Crippen LogP contribution is -1.93. The summed E-state index contributed by atoms with van der Waals surface area (Å²) in [5.41, 5.74) is 8.24. The van der Waals surface area contributed by atoms with Gasteiger partial charge in [-0.15, -0.1) is 31.7 Å². The quantitative estimate of drug-likeness (QED) is 0.432. The average molecular weight is 424 g/mol.